The van der Waals surface area contributed by atoms with Crippen LogP contribution in [0.1, 0.15) is 99.3 Å². The lowest BCUT2D eigenvalue weighted by Crippen LogP contribution is -2.68. The first-order valence-electron chi connectivity index (χ1n) is 24.0. The Labute approximate surface area is 381 Å². The number of fused-ring (bicyclic) bond motifs is 7. The maximum atomic E-state index is 12.1. The average Bonchev–Trinajstić information content (AvgIpc) is 3.26. The monoisotopic (exact) mass is 931 g/mol. The van der Waals surface area contributed by atoms with E-state index in [4.69, 9.17) is 28.4 Å². The van der Waals surface area contributed by atoms with Crippen LogP contribution in [-0.2, 0) is 28.4 Å². The van der Waals surface area contributed by atoms with Gasteiger partial charge < -0.3 is 89.7 Å². The lowest BCUT2D eigenvalue weighted by Gasteiger charge is -2.72. The Hall–Kier alpha value is -0.980. The van der Waals surface area contributed by atoms with Crippen molar-refractivity contribution >= 4 is 0 Å². The zero-order valence-corrected chi connectivity index (χ0v) is 38.8. The van der Waals surface area contributed by atoms with Crippen LogP contribution in [0, 0.1) is 50.2 Å². The van der Waals surface area contributed by atoms with Crippen molar-refractivity contribution in [3.05, 3.63) is 11.6 Å². The van der Waals surface area contributed by atoms with Gasteiger partial charge in [-0.15, -0.1) is 0 Å². The minimum atomic E-state index is -1.92. The van der Waals surface area contributed by atoms with Gasteiger partial charge in [0, 0.05) is 10.8 Å². The van der Waals surface area contributed by atoms with Gasteiger partial charge in [0.15, 0.2) is 18.9 Å². The van der Waals surface area contributed by atoms with Crippen molar-refractivity contribution in [2.24, 2.45) is 50.2 Å². The number of hydrogen-bond acceptors (Lipinski definition) is 18. The summed E-state index contributed by atoms with van der Waals surface area (Å²) in [7, 11) is 0. The molecule has 8 aliphatic rings. The first-order valence-corrected chi connectivity index (χ1v) is 24.0. The molecule has 0 radical (unpaired) electrons. The van der Waals surface area contributed by atoms with E-state index < -0.39 is 122 Å². The molecule has 4 saturated carbocycles. The number of hydrogen-bond donors (Lipinski definition) is 12. The van der Waals surface area contributed by atoms with Gasteiger partial charge in [0.1, 0.15) is 67.1 Å². The maximum Gasteiger partial charge on any atom is 0.187 e. The van der Waals surface area contributed by atoms with Gasteiger partial charge in [0.2, 0.25) is 0 Å². The van der Waals surface area contributed by atoms with Gasteiger partial charge in [-0.3, -0.25) is 0 Å². The Morgan fingerprint density at radius 1 is 0.615 bits per heavy atom. The van der Waals surface area contributed by atoms with Crippen LogP contribution in [0.5, 0.6) is 0 Å². The van der Waals surface area contributed by atoms with Crippen LogP contribution in [0.25, 0.3) is 0 Å². The topological polar surface area (TPSA) is 298 Å². The van der Waals surface area contributed by atoms with Crippen LogP contribution < -0.4 is 0 Å². The Bertz CT molecular complexity index is 1720. The van der Waals surface area contributed by atoms with Gasteiger partial charge in [0.05, 0.1) is 45.2 Å². The molecule has 12 N–H and O–H groups in total. The molecular formula is C47H78O18. The summed E-state index contributed by atoms with van der Waals surface area (Å²) in [5.41, 5.74) is -0.600. The number of allylic oxidation sites excluding steroid dienone is 2. The van der Waals surface area contributed by atoms with Crippen molar-refractivity contribution in [1.29, 1.82) is 0 Å². The van der Waals surface area contributed by atoms with Crippen molar-refractivity contribution in [1.82, 2.24) is 0 Å². The first-order chi connectivity index (χ1) is 30.5. The molecule has 24 atom stereocenters. The largest absolute Gasteiger partial charge is 0.396 e. The molecule has 3 heterocycles. The van der Waals surface area contributed by atoms with E-state index in [0.29, 0.717) is 12.8 Å². The van der Waals surface area contributed by atoms with Gasteiger partial charge in [0.25, 0.3) is 0 Å². The number of ether oxygens (including phenoxy) is 6. The predicted molar refractivity (Wildman–Crippen MR) is 227 cm³/mol. The molecule has 0 aromatic heterocycles. The molecule has 3 saturated heterocycles. The molecule has 18 heteroatoms. The summed E-state index contributed by atoms with van der Waals surface area (Å²) in [5, 5.41) is 130. The highest BCUT2D eigenvalue weighted by atomic mass is 16.8. The average molecular weight is 931 g/mol. The zero-order valence-electron chi connectivity index (χ0n) is 38.8. The summed E-state index contributed by atoms with van der Waals surface area (Å²) in [4.78, 5) is 0. The lowest BCUT2D eigenvalue weighted by molar-refractivity contribution is -0.384. The summed E-state index contributed by atoms with van der Waals surface area (Å²) in [6, 6.07) is 0. The summed E-state index contributed by atoms with van der Waals surface area (Å²) in [6.07, 6.45) is -14.7. The second-order valence-corrected chi connectivity index (χ2v) is 23.0. The highest BCUT2D eigenvalue weighted by Crippen LogP contribution is 2.76. The maximum absolute atomic E-state index is 12.1. The van der Waals surface area contributed by atoms with Crippen LogP contribution in [0.3, 0.4) is 0 Å². The van der Waals surface area contributed by atoms with Crippen molar-refractivity contribution < 1.29 is 89.7 Å². The lowest BCUT2D eigenvalue weighted by atomic mass is 9.33. The second kappa shape index (κ2) is 18.0. The molecule has 7 fully saturated rings. The van der Waals surface area contributed by atoms with Crippen LogP contribution in [-0.4, -0.2) is 193 Å². The molecule has 0 bridgehead atoms. The minimum Gasteiger partial charge on any atom is -0.396 e. The SMILES string of the molecule is CC1(C)CC[C@]2(CO)[C@H](O)C[C@]3(C)C(=CC[C@@H]4[C@@]5(C)CC[C@H](O[C@@H]6OC[C@H](O)[C@H](O)[C@H]6O[C@@H]6O[C@H](CO)[C@@H](O[C@@H]7O[C@H](CO)[C@@H](O)[C@H](O)[C@H]7O)[C@H](O)[C@H]6O)[C@@](C)(CO)[C@@H]5CC[C@]43C)[C@H]2C1. The summed E-state index contributed by atoms with van der Waals surface area (Å²) >= 11 is 0. The fraction of sp³-hybridized carbons (Fsp3) is 0.957. The molecule has 65 heavy (non-hydrogen) atoms. The van der Waals surface area contributed by atoms with Gasteiger partial charge in [-0.05, 0) is 97.2 Å². The van der Waals surface area contributed by atoms with E-state index in [9.17, 15) is 61.3 Å². The molecule has 0 unspecified atom stereocenters. The Balaban J connectivity index is 1.00. The van der Waals surface area contributed by atoms with Gasteiger partial charge in [-0.2, -0.15) is 0 Å². The van der Waals surface area contributed by atoms with E-state index >= 15 is 0 Å². The molecule has 5 aliphatic carbocycles. The smallest absolute Gasteiger partial charge is 0.187 e. The Morgan fingerprint density at radius 3 is 1.91 bits per heavy atom. The van der Waals surface area contributed by atoms with E-state index in [1.807, 2.05) is 6.92 Å². The molecule has 0 aromatic rings. The van der Waals surface area contributed by atoms with Crippen LogP contribution in [0.4, 0.5) is 0 Å². The molecule has 0 aromatic carbocycles. The first kappa shape index (κ1) is 50.4. The van der Waals surface area contributed by atoms with E-state index in [1.165, 1.54) is 5.57 Å². The van der Waals surface area contributed by atoms with Crippen molar-refractivity contribution in [3.8, 4) is 0 Å². The van der Waals surface area contributed by atoms with E-state index in [-0.39, 0.29) is 59.2 Å². The normalized spacial score (nSPS) is 55.5. The minimum absolute atomic E-state index is 0.0166. The van der Waals surface area contributed by atoms with Crippen molar-refractivity contribution in [3.63, 3.8) is 0 Å². The molecule has 18 nitrogen and oxygen atoms in total. The fourth-order valence-corrected chi connectivity index (χ4v) is 15.0. The Morgan fingerprint density at radius 2 is 1.26 bits per heavy atom. The number of rotatable bonds is 10. The van der Waals surface area contributed by atoms with Crippen molar-refractivity contribution in [2.45, 2.75) is 198 Å². The molecule has 0 amide bonds. The van der Waals surface area contributed by atoms with Crippen LogP contribution in [0.15, 0.2) is 11.6 Å². The van der Waals surface area contributed by atoms with Crippen molar-refractivity contribution in [2.75, 3.05) is 33.0 Å². The molecule has 0 spiro atoms. The molecular weight excluding hydrogens is 852 g/mol. The van der Waals surface area contributed by atoms with Gasteiger partial charge in [-0.25, -0.2) is 0 Å². The molecule has 8 rings (SSSR count). The summed E-state index contributed by atoms with van der Waals surface area (Å²) in [5.74, 6) is 0.282. The standard InChI is InChI=1S/C47H78O18/c1-42(2)13-14-47(21-51)23(15-42)22-7-8-28-43(3)11-10-30(44(4,20-50)27(43)9-12-45(28,5)46(22,6)16-29(47)53)63-41-38(31(54)24(52)19-60-41)65-40-36(59)34(57)37(26(18-49)62-40)64-39-35(58)33(56)32(55)25(17-48)61-39/h7,23-41,48-59H,8-21H2,1-6H3/t23-,24+,25-,26-,27-,28-,29-,30+,31+,32-,33+,34-,35-,36-,37-,38-,39+,40+,41+,43+,44+,45-,46-,47-/m1/s1. The van der Waals surface area contributed by atoms with Crippen LogP contribution >= 0.6 is 0 Å². The quantitative estimate of drug-likeness (QED) is 0.0943. The molecule has 374 valence electrons. The predicted octanol–water partition coefficient (Wildman–Crippen LogP) is -0.804. The summed E-state index contributed by atoms with van der Waals surface area (Å²) in [6.45, 7) is 11.6. The van der Waals surface area contributed by atoms with E-state index in [2.05, 4.69) is 40.7 Å². The third kappa shape index (κ3) is 7.84. The van der Waals surface area contributed by atoms with E-state index in [1.54, 1.807) is 0 Å². The zero-order chi connectivity index (χ0) is 47.4. The highest BCUT2D eigenvalue weighted by molar-refractivity contribution is 5.35. The molecule has 3 aliphatic heterocycles. The number of aliphatic hydroxyl groups excluding tert-OH is 12. The summed E-state index contributed by atoms with van der Waals surface area (Å²) < 4.78 is 35.8. The van der Waals surface area contributed by atoms with Gasteiger partial charge >= 0.3 is 0 Å². The highest BCUT2D eigenvalue weighted by Gasteiger charge is 2.70. The Kier molecular flexibility index (Phi) is 14.0. The van der Waals surface area contributed by atoms with E-state index in [0.717, 1.165) is 44.9 Å². The van der Waals surface area contributed by atoms with Crippen LogP contribution in [0.2, 0.25) is 0 Å². The third-order valence-electron chi connectivity index (χ3n) is 19.2. The fourth-order valence-electron chi connectivity index (χ4n) is 15.0. The van der Waals surface area contributed by atoms with Gasteiger partial charge in [-0.1, -0.05) is 53.2 Å². The second-order valence-electron chi connectivity index (χ2n) is 23.0. The third-order valence-corrected chi connectivity index (χ3v) is 19.2. The number of aliphatic hydroxyl groups is 12.